The van der Waals surface area contributed by atoms with E-state index in [4.69, 9.17) is 0 Å². The third kappa shape index (κ3) is 2.09. The van der Waals surface area contributed by atoms with E-state index in [2.05, 4.69) is 18.5 Å². The van der Waals surface area contributed by atoms with E-state index in [-0.39, 0.29) is 5.54 Å². The molecule has 1 N–H and O–H groups in total. The SMILES string of the molecule is CSCCC(C)N1CNC2(CCCC2)C1=O. The van der Waals surface area contributed by atoms with E-state index < -0.39 is 0 Å². The summed E-state index contributed by atoms with van der Waals surface area (Å²) < 4.78 is 0. The van der Waals surface area contributed by atoms with E-state index in [1.54, 1.807) is 0 Å². The summed E-state index contributed by atoms with van der Waals surface area (Å²) in [5, 5.41) is 3.46. The first-order valence-electron chi connectivity index (χ1n) is 6.25. The zero-order valence-corrected chi connectivity index (χ0v) is 11.1. The fourth-order valence-corrected chi connectivity index (χ4v) is 3.41. The normalized spacial score (nSPS) is 25.6. The van der Waals surface area contributed by atoms with Crippen molar-refractivity contribution < 1.29 is 4.79 Å². The van der Waals surface area contributed by atoms with E-state index >= 15 is 0 Å². The Morgan fingerprint density at radius 3 is 2.81 bits per heavy atom. The average molecular weight is 242 g/mol. The highest BCUT2D eigenvalue weighted by Crippen LogP contribution is 2.35. The Hall–Kier alpha value is -0.220. The average Bonchev–Trinajstić information content (AvgIpc) is 2.87. The molecule has 1 heterocycles. The maximum absolute atomic E-state index is 12.4. The topological polar surface area (TPSA) is 32.3 Å². The number of rotatable bonds is 4. The van der Waals surface area contributed by atoms with Gasteiger partial charge in [-0.15, -0.1) is 0 Å². The Balaban J connectivity index is 1.96. The van der Waals surface area contributed by atoms with Gasteiger partial charge in [-0.3, -0.25) is 10.1 Å². The van der Waals surface area contributed by atoms with E-state index in [9.17, 15) is 4.79 Å². The van der Waals surface area contributed by atoms with Crippen molar-refractivity contribution in [3.63, 3.8) is 0 Å². The molecular weight excluding hydrogens is 220 g/mol. The summed E-state index contributed by atoms with van der Waals surface area (Å²) in [5.74, 6) is 1.50. The van der Waals surface area contributed by atoms with Crippen LogP contribution >= 0.6 is 11.8 Å². The standard InChI is InChI=1S/C12H22N2OS/c1-10(5-8-16-2)14-9-13-12(11(14)15)6-3-4-7-12/h10,13H,3-9H2,1-2H3. The van der Waals surface area contributed by atoms with Crippen LogP contribution in [0, 0.1) is 0 Å². The third-order valence-corrected chi connectivity index (χ3v) is 4.63. The van der Waals surface area contributed by atoms with Crippen LogP contribution in [0.2, 0.25) is 0 Å². The van der Waals surface area contributed by atoms with Crippen LogP contribution in [-0.2, 0) is 4.79 Å². The summed E-state index contributed by atoms with van der Waals surface area (Å²) >= 11 is 1.86. The molecule has 3 nitrogen and oxygen atoms in total. The lowest BCUT2D eigenvalue weighted by molar-refractivity contribution is -0.133. The number of nitrogens with one attached hydrogen (secondary N) is 1. The summed E-state index contributed by atoms with van der Waals surface area (Å²) in [6, 6.07) is 0.382. The van der Waals surface area contributed by atoms with Crippen molar-refractivity contribution in [3.05, 3.63) is 0 Å². The molecule has 4 heteroatoms. The van der Waals surface area contributed by atoms with Crippen molar-refractivity contribution in [1.29, 1.82) is 0 Å². The number of thioether (sulfide) groups is 1. The van der Waals surface area contributed by atoms with Gasteiger partial charge in [0.25, 0.3) is 0 Å². The molecule has 2 rings (SSSR count). The fourth-order valence-electron chi connectivity index (χ4n) is 2.83. The molecule has 16 heavy (non-hydrogen) atoms. The van der Waals surface area contributed by atoms with Crippen molar-refractivity contribution in [2.75, 3.05) is 18.7 Å². The van der Waals surface area contributed by atoms with Crippen LogP contribution in [0.1, 0.15) is 39.0 Å². The summed E-state index contributed by atoms with van der Waals surface area (Å²) in [6.07, 6.45) is 7.70. The minimum Gasteiger partial charge on any atom is -0.326 e. The van der Waals surface area contributed by atoms with E-state index in [1.807, 2.05) is 16.7 Å². The van der Waals surface area contributed by atoms with Crippen LogP contribution < -0.4 is 5.32 Å². The monoisotopic (exact) mass is 242 g/mol. The number of hydrogen-bond donors (Lipinski definition) is 1. The number of carbonyl (C=O) groups is 1. The molecule has 0 aromatic heterocycles. The van der Waals surface area contributed by atoms with Crippen LogP contribution in [0.3, 0.4) is 0 Å². The van der Waals surface area contributed by atoms with Crippen molar-refractivity contribution in [2.24, 2.45) is 0 Å². The molecular formula is C12H22N2OS. The molecule has 1 spiro atoms. The first-order valence-corrected chi connectivity index (χ1v) is 7.64. The molecule has 2 aliphatic rings. The predicted octanol–water partition coefficient (Wildman–Crippen LogP) is 1.83. The van der Waals surface area contributed by atoms with Gasteiger partial charge in [-0.1, -0.05) is 12.8 Å². The number of amides is 1. The van der Waals surface area contributed by atoms with Crippen molar-refractivity contribution in [3.8, 4) is 0 Å². The van der Waals surface area contributed by atoms with Crippen LogP contribution in [-0.4, -0.2) is 41.1 Å². The second-order valence-corrected chi connectivity index (χ2v) is 6.02. The van der Waals surface area contributed by atoms with Gasteiger partial charge in [0, 0.05) is 6.04 Å². The Bertz CT molecular complexity index is 264. The molecule has 1 saturated heterocycles. The second-order valence-electron chi connectivity index (χ2n) is 5.03. The Kier molecular flexibility index (Phi) is 3.80. The van der Waals surface area contributed by atoms with Gasteiger partial charge < -0.3 is 4.90 Å². The van der Waals surface area contributed by atoms with Crippen LogP contribution in [0.15, 0.2) is 0 Å². The molecule has 0 aromatic rings. The van der Waals surface area contributed by atoms with Crippen molar-refractivity contribution in [2.45, 2.75) is 50.6 Å². The highest BCUT2D eigenvalue weighted by Gasteiger charge is 2.48. The molecule has 1 amide bonds. The lowest BCUT2D eigenvalue weighted by Crippen LogP contribution is -2.45. The molecule has 1 aliphatic heterocycles. The van der Waals surface area contributed by atoms with Crippen LogP contribution in [0.5, 0.6) is 0 Å². The van der Waals surface area contributed by atoms with E-state index in [0.717, 1.165) is 31.7 Å². The summed E-state index contributed by atoms with van der Waals surface area (Å²) in [4.78, 5) is 14.4. The molecule has 1 unspecified atom stereocenters. The Morgan fingerprint density at radius 2 is 2.19 bits per heavy atom. The Morgan fingerprint density at radius 1 is 1.50 bits per heavy atom. The summed E-state index contributed by atoms with van der Waals surface area (Å²) in [6.45, 7) is 2.93. The highest BCUT2D eigenvalue weighted by atomic mass is 32.2. The molecule has 92 valence electrons. The van der Waals surface area contributed by atoms with Gasteiger partial charge in [-0.05, 0) is 38.2 Å². The lowest BCUT2D eigenvalue weighted by atomic mass is 9.97. The zero-order chi connectivity index (χ0) is 11.6. The van der Waals surface area contributed by atoms with Crippen LogP contribution in [0.4, 0.5) is 0 Å². The molecule has 2 fully saturated rings. The minimum atomic E-state index is -0.173. The summed E-state index contributed by atoms with van der Waals surface area (Å²) in [7, 11) is 0. The largest absolute Gasteiger partial charge is 0.326 e. The quantitative estimate of drug-likeness (QED) is 0.816. The number of nitrogens with zero attached hydrogens (tertiary/aromatic N) is 1. The fraction of sp³-hybridized carbons (Fsp3) is 0.917. The lowest BCUT2D eigenvalue weighted by Gasteiger charge is -2.26. The van der Waals surface area contributed by atoms with E-state index in [1.165, 1.54) is 12.8 Å². The smallest absolute Gasteiger partial charge is 0.244 e. The van der Waals surface area contributed by atoms with Gasteiger partial charge in [0.1, 0.15) is 0 Å². The number of hydrogen-bond acceptors (Lipinski definition) is 3. The van der Waals surface area contributed by atoms with Crippen molar-refractivity contribution in [1.82, 2.24) is 10.2 Å². The maximum Gasteiger partial charge on any atom is 0.244 e. The number of carbonyl (C=O) groups excluding carboxylic acids is 1. The predicted molar refractivity (Wildman–Crippen MR) is 68.5 cm³/mol. The highest BCUT2D eigenvalue weighted by molar-refractivity contribution is 7.98. The van der Waals surface area contributed by atoms with Crippen LogP contribution in [0.25, 0.3) is 0 Å². The van der Waals surface area contributed by atoms with Gasteiger partial charge in [-0.25, -0.2) is 0 Å². The Labute approximate surface area is 102 Å². The molecule has 1 saturated carbocycles. The maximum atomic E-state index is 12.4. The zero-order valence-electron chi connectivity index (χ0n) is 10.3. The first kappa shape index (κ1) is 12.2. The van der Waals surface area contributed by atoms with Gasteiger partial charge in [-0.2, -0.15) is 11.8 Å². The molecule has 0 aromatic carbocycles. The van der Waals surface area contributed by atoms with Gasteiger partial charge in [0.2, 0.25) is 5.91 Å². The van der Waals surface area contributed by atoms with Crippen molar-refractivity contribution >= 4 is 17.7 Å². The third-order valence-electron chi connectivity index (χ3n) is 3.99. The van der Waals surface area contributed by atoms with Gasteiger partial charge in [0.05, 0.1) is 12.2 Å². The van der Waals surface area contributed by atoms with Gasteiger partial charge in [0.15, 0.2) is 0 Å². The minimum absolute atomic E-state index is 0.173. The summed E-state index contributed by atoms with van der Waals surface area (Å²) in [5.41, 5.74) is -0.173. The molecule has 1 atom stereocenters. The first-order chi connectivity index (χ1) is 7.69. The van der Waals surface area contributed by atoms with Gasteiger partial charge >= 0.3 is 0 Å². The molecule has 1 aliphatic carbocycles. The second kappa shape index (κ2) is 4.96. The molecule has 0 radical (unpaired) electrons. The molecule has 0 bridgehead atoms. The van der Waals surface area contributed by atoms with E-state index in [0.29, 0.717) is 11.9 Å².